The van der Waals surface area contributed by atoms with Crippen LogP contribution in [0.15, 0.2) is 36.2 Å². The summed E-state index contributed by atoms with van der Waals surface area (Å²) in [4.78, 5) is 36.9. The van der Waals surface area contributed by atoms with Crippen molar-refractivity contribution in [3.05, 3.63) is 52.5 Å². The number of amides is 2. The molecular weight excluding hydrogens is 471 g/mol. The Kier molecular flexibility index (Phi) is 6.93. The number of thiazole rings is 1. The second-order valence-corrected chi connectivity index (χ2v) is 8.78. The zero-order valence-corrected chi connectivity index (χ0v) is 19.1. The minimum Gasteiger partial charge on any atom is -0.340 e. The molecule has 1 aromatic carbocycles. The van der Waals surface area contributed by atoms with Crippen molar-refractivity contribution in [1.82, 2.24) is 29.5 Å². The molecular formula is C21H22F3N7O2S. The number of carbonyl (C=O) groups is 2. The summed E-state index contributed by atoms with van der Waals surface area (Å²) in [7, 11) is 0. The Labute approximate surface area is 197 Å². The Bertz CT molecular complexity index is 1160. The maximum atomic E-state index is 13.2. The Morgan fingerprint density at radius 2 is 1.94 bits per heavy atom. The first-order chi connectivity index (χ1) is 16.2. The van der Waals surface area contributed by atoms with Gasteiger partial charge >= 0.3 is 6.18 Å². The summed E-state index contributed by atoms with van der Waals surface area (Å²) in [6.45, 7) is 3.75. The number of benzene rings is 1. The lowest BCUT2D eigenvalue weighted by atomic mass is 10.1. The van der Waals surface area contributed by atoms with Gasteiger partial charge in [0.1, 0.15) is 17.7 Å². The molecule has 2 aromatic heterocycles. The second kappa shape index (κ2) is 9.89. The van der Waals surface area contributed by atoms with Crippen molar-refractivity contribution in [2.75, 3.05) is 38.0 Å². The number of nitrogens with one attached hydrogen (secondary N) is 1. The van der Waals surface area contributed by atoms with Crippen molar-refractivity contribution in [2.24, 2.45) is 0 Å². The zero-order valence-electron chi connectivity index (χ0n) is 18.2. The van der Waals surface area contributed by atoms with Gasteiger partial charge in [0.25, 0.3) is 0 Å². The number of aryl methyl sites for hydroxylation is 1. The number of alkyl halides is 3. The second-order valence-electron chi connectivity index (χ2n) is 7.83. The first kappa shape index (κ1) is 23.8. The lowest BCUT2D eigenvalue weighted by Crippen LogP contribution is -2.50. The molecule has 0 atom stereocenters. The highest BCUT2D eigenvalue weighted by Crippen LogP contribution is 2.33. The third-order valence-electron chi connectivity index (χ3n) is 5.32. The molecule has 1 aliphatic rings. The quantitative estimate of drug-likeness (QED) is 0.567. The van der Waals surface area contributed by atoms with Crippen LogP contribution in [-0.2, 0) is 22.2 Å². The maximum Gasteiger partial charge on any atom is 0.416 e. The van der Waals surface area contributed by atoms with Crippen molar-refractivity contribution in [1.29, 1.82) is 0 Å². The molecule has 3 aromatic rings. The first-order valence-corrected chi connectivity index (χ1v) is 11.3. The molecule has 9 nitrogen and oxygen atoms in total. The van der Waals surface area contributed by atoms with E-state index in [2.05, 4.69) is 20.4 Å². The average Bonchev–Trinajstić information content (AvgIpc) is 3.45. The molecule has 4 rings (SSSR count). The predicted molar refractivity (Wildman–Crippen MR) is 119 cm³/mol. The molecule has 0 radical (unpaired) electrons. The largest absolute Gasteiger partial charge is 0.416 e. The molecule has 0 unspecified atom stereocenters. The van der Waals surface area contributed by atoms with Gasteiger partial charge in [0.15, 0.2) is 0 Å². The SMILES string of the molecule is Cc1csc(CC(=O)N2CCN(CC(=O)Nc3cc(C(F)(F)F)ccc3-n3cncn3)CC2)n1. The van der Waals surface area contributed by atoms with E-state index in [-0.39, 0.29) is 30.2 Å². The average molecular weight is 494 g/mol. The third kappa shape index (κ3) is 5.78. The zero-order chi connectivity index (χ0) is 24.3. The van der Waals surface area contributed by atoms with Crippen molar-refractivity contribution in [2.45, 2.75) is 19.5 Å². The van der Waals surface area contributed by atoms with E-state index in [1.807, 2.05) is 17.2 Å². The van der Waals surface area contributed by atoms with E-state index in [1.54, 1.807) is 4.90 Å². The summed E-state index contributed by atoms with van der Waals surface area (Å²) >= 11 is 1.45. The number of hydrogen-bond donors (Lipinski definition) is 1. The van der Waals surface area contributed by atoms with Gasteiger partial charge in [-0.1, -0.05) is 0 Å². The van der Waals surface area contributed by atoms with Crippen LogP contribution in [0.2, 0.25) is 0 Å². The molecule has 13 heteroatoms. The summed E-state index contributed by atoms with van der Waals surface area (Å²) in [5.74, 6) is -0.474. The molecule has 0 saturated carbocycles. The molecule has 34 heavy (non-hydrogen) atoms. The lowest BCUT2D eigenvalue weighted by molar-refractivity contribution is -0.137. The summed E-state index contributed by atoms with van der Waals surface area (Å²) in [6.07, 6.45) is -1.72. The van der Waals surface area contributed by atoms with Crippen LogP contribution in [0.25, 0.3) is 5.69 Å². The van der Waals surface area contributed by atoms with Gasteiger partial charge in [0.2, 0.25) is 11.8 Å². The molecule has 0 bridgehead atoms. The van der Waals surface area contributed by atoms with E-state index in [4.69, 9.17) is 0 Å². The minimum absolute atomic E-state index is 0.0131. The van der Waals surface area contributed by atoms with Crippen LogP contribution in [0, 0.1) is 6.92 Å². The number of piperazine rings is 1. The van der Waals surface area contributed by atoms with Gasteiger partial charge in [0.05, 0.1) is 29.9 Å². The van der Waals surface area contributed by atoms with E-state index in [9.17, 15) is 22.8 Å². The summed E-state index contributed by atoms with van der Waals surface area (Å²) in [5.41, 5.74) is 0.259. The van der Waals surface area contributed by atoms with E-state index in [0.717, 1.165) is 22.8 Å². The van der Waals surface area contributed by atoms with Gasteiger partial charge in [-0.25, -0.2) is 14.6 Å². The Morgan fingerprint density at radius 3 is 2.56 bits per heavy atom. The van der Waals surface area contributed by atoms with E-state index in [1.165, 1.54) is 34.7 Å². The van der Waals surface area contributed by atoms with E-state index >= 15 is 0 Å². The fourth-order valence-electron chi connectivity index (χ4n) is 3.62. The number of halogens is 3. The Morgan fingerprint density at radius 1 is 1.18 bits per heavy atom. The van der Waals surface area contributed by atoms with Gasteiger partial charge in [-0.3, -0.25) is 14.5 Å². The smallest absolute Gasteiger partial charge is 0.340 e. The lowest BCUT2D eigenvalue weighted by Gasteiger charge is -2.34. The highest BCUT2D eigenvalue weighted by molar-refractivity contribution is 7.09. The molecule has 3 heterocycles. The Balaban J connectivity index is 1.35. The van der Waals surface area contributed by atoms with Gasteiger partial charge in [0, 0.05) is 37.3 Å². The fourth-order valence-corrected chi connectivity index (χ4v) is 4.38. The van der Waals surface area contributed by atoms with Crippen LogP contribution < -0.4 is 5.32 Å². The number of nitrogens with zero attached hydrogens (tertiary/aromatic N) is 6. The molecule has 1 fully saturated rings. The number of hydrogen-bond acceptors (Lipinski definition) is 7. The van der Waals surface area contributed by atoms with Gasteiger partial charge in [-0.2, -0.15) is 18.3 Å². The van der Waals surface area contributed by atoms with Crippen LogP contribution in [0.5, 0.6) is 0 Å². The monoisotopic (exact) mass is 493 g/mol. The van der Waals surface area contributed by atoms with Crippen LogP contribution in [-0.4, -0.2) is 74.1 Å². The van der Waals surface area contributed by atoms with Crippen LogP contribution in [0.4, 0.5) is 18.9 Å². The minimum atomic E-state index is -4.55. The van der Waals surface area contributed by atoms with Crippen LogP contribution >= 0.6 is 11.3 Å². The van der Waals surface area contributed by atoms with Crippen molar-refractivity contribution in [3.8, 4) is 5.69 Å². The van der Waals surface area contributed by atoms with Crippen molar-refractivity contribution < 1.29 is 22.8 Å². The highest BCUT2D eigenvalue weighted by atomic mass is 32.1. The topological polar surface area (TPSA) is 96.2 Å². The molecule has 0 aliphatic carbocycles. The van der Waals surface area contributed by atoms with Gasteiger partial charge in [-0.15, -0.1) is 11.3 Å². The standard InChI is InChI=1S/C21H22F3N7O2S/c1-14-11-34-19(27-14)9-20(33)30-6-4-29(5-7-30)10-18(32)28-16-8-15(21(22,23)24)2-3-17(16)31-13-25-12-26-31/h2-3,8,11-13H,4-7,9-10H2,1H3,(H,28,32). The van der Waals surface area contributed by atoms with Gasteiger partial charge in [-0.05, 0) is 25.1 Å². The molecule has 1 aliphatic heterocycles. The fraction of sp³-hybridized carbons (Fsp3) is 0.381. The summed E-state index contributed by atoms with van der Waals surface area (Å²) in [5, 5.41) is 9.18. The van der Waals surface area contributed by atoms with E-state index in [0.29, 0.717) is 26.2 Å². The predicted octanol–water partition coefficient (Wildman–Crippen LogP) is 2.38. The Hall–Kier alpha value is -3.32. The summed E-state index contributed by atoms with van der Waals surface area (Å²) in [6, 6.07) is 3.04. The van der Waals surface area contributed by atoms with Crippen LogP contribution in [0.1, 0.15) is 16.3 Å². The highest BCUT2D eigenvalue weighted by Gasteiger charge is 2.31. The normalized spacial score (nSPS) is 14.9. The first-order valence-electron chi connectivity index (χ1n) is 10.5. The van der Waals surface area contributed by atoms with Crippen LogP contribution in [0.3, 0.4) is 0 Å². The number of rotatable bonds is 6. The van der Waals surface area contributed by atoms with E-state index < -0.39 is 17.6 Å². The number of aromatic nitrogens is 4. The van der Waals surface area contributed by atoms with Gasteiger partial charge < -0.3 is 10.2 Å². The third-order valence-corrected chi connectivity index (χ3v) is 6.29. The molecule has 1 N–H and O–H groups in total. The number of anilines is 1. The van der Waals surface area contributed by atoms with Crippen molar-refractivity contribution >= 4 is 28.8 Å². The molecule has 0 spiro atoms. The number of carbonyl (C=O) groups excluding carboxylic acids is 2. The maximum absolute atomic E-state index is 13.2. The molecule has 1 saturated heterocycles. The molecule has 180 valence electrons. The summed E-state index contributed by atoms with van der Waals surface area (Å²) < 4.78 is 40.9. The van der Waals surface area contributed by atoms with Crippen molar-refractivity contribution in [3.63, 3.8) is 0 Å². The molecule has 2 amide bonds.